The van der Waals surface area contributed by atoms with Crippen LogP contribution in [0.15, 0.2) is 36.7 Å². The summed E-state index contributed by atoms with van der Waals surface area (Å²) in [5.74, 6) is 0.845. The lowest BCUT2D eigenvalue weighted by Gasteiger charge is -2.12. The van der Waals surface area contributed by atoms with Crippen LogP contribution in [-0.4, -0.2) is 18.4 Å². The minimum Gasteiger partial charge on any atom is -0.493 e. The quantitative estimate of drug-likeness (QED) is 0.788. The van der Waals surface area contributed by atoms with Crippen molar-refractivity contribution in [1.82, 2.24) is 4.98 Å². The third-order valence-electron chi connectivity index (χ3n) is 2.49. The fourth-order valence-electron chi connectivity index (χ4n) is 1.59. The first-order valence-electron chi connectivity index (χ1n) is 5.59. The number of halogens is 1. The van der Waals surface area contributed by atoms with Crippen LogP contribution < -0.4 is 9.47 Å². The number of nitrogens with zero attached hydrogens (tertiary/aromatic N) is 1. The maximum atomic E-state index is 10.8. The van der Waals surface area contributed by atoms with Gasteiger partial charge in [-0.05, 0) is 18.2 Å². The van der Waals surface area contributed by atoms with Gasteiger partial charge in [-0.15, -0.1) is 0 Å². The van der Waals surface area contributed by atoms with Crippen LogP contribution in [0.25, 0.3) is 0 Å². The van der Waals surface area contributed by atoms with Crippen LogP contribution in [0, 0.1) is 0 Å². The smallest absolute Gasteiger partial charge is 0.180 e. The van der Waals surface area contributed by atoms with Gasteiger partial charge >= 0.3 is 0 Å². The molecule has 0 aliphatic heterocycles. The predicted molar refractivity (Wildman–Crippen MR) is 72.0 cm³/mol. The molecule has 0 spiro atoms. The van der Waals surface area contributed by atoms with E-state index in [1.165, 1.54) is 13.2 Å². The standard InChI is InChI=1S/C14H12ClNO3/c1-18-13-6-11(8-17)5-12(15)14(13)19-9-10-3-2-4-16-7-10/h2-8H,9H2,1H3. The molecular formula is C14H12ClNO3. The fourth-order valence-corrected chi connectivity index (χ4v) is 1.86. The number of rotatable bonds is 5. The zero-order valence-electron chi connectivity index (χ0n) is 10.3. The lowest BCUT2D eigenvalue weighted by atomic mass is 10.2. The van der Waals surface area contributed by atoms with E-state index in [2.05, 4.69) is 4.98 Å². The number of hydrogen-bond donors (Lipinski definition) is 0. The molecule has 0 radical (unpaired) electrons. The second-order valence-corrected chi connectivity index (χ2v) is 4.21. The maximum Gasteiger partial charge on any atom is 0.180 e. The normalized spacial score (nSPS) is 10.0. The number of carbonyl (C=O) groups excluding carboxylic acids is 1. The van der Waals surface area contributed by atoms with Crippen LogP contribution in [0.5, 0.6) is 11.5 Å². The highest BCUT2D eigenvalue weighted by Gasteiger charge is 2.12. The molecule has 98 valence electrons. The van der Waals surface area contributed by atoms with Crippen LogP contribution in [0.2, 0.25) is 5.02 Å². The van der Waals surface area contributed by atoms with Crippen LogP contribution in [0.4, 0.5) is 0 Å². The van der Waals surface area contributed by atoms with Crippen molar-refractivity contribution in [2.75, 3.05) is 7.11 Å². The van der Waals surface area contributed by atoms with Crippen molar-refractivity contribution < 1.29 is 14.3 Å². The highest BCUT2D eigenvalue weighted by atomic mass is 35.5. The van der Waals surface area contributed by atoms with Gasteiger partial charge < -0.3 is 9.47 Å². The average Bonchev–Trinajstić information content (AvgIpc) is 2.46. The van der Waals surface area contributed by atoms with Crippen molar-refractivity contribution in [3.8, 4) is 11.5 Å². The SMILES string of the molecule is COc1cc(C=O)cc(Cl)c1OCc1cccnc1. The van der Waals surface area contributed by atoms with Gasteiger partial charge in [0.2, 0.25) is 0 Å². The molecule has 0 aliphatic carbocycles. The Balaban J connectivity index is 2.22. The lowest BCUT2D eigenvalue weighted by Crippen LogP contribution is -1.99. The van der Waals surface area contributed by atoms with E-state index in [1.54, 1.807) is 18.5 Å². The van der Waals surface area contributed by atoms with E-state index >= 15 is 0 Å². The van der Waals surface area contributed by atoms with Crippen molar-refractivity contribution >= 4 is 17.9 Å². The van der Waals surface area contributed by atoms with E-state index in [1.807, 2.05) is 12.1 Å². The molecule has 0 saturated heterocycles. The van der Waals surface area contributed by atoms with Gasteiger partial charge in [-0.3, -0.25) is 9.78 Å². The van der Waals surface area contributed by atoms with Gasteiger partial charge in [-0.2, -0.15) is 0 Å². The molecule has 0 bridgehead atoms. The van der Waals surface area contributed by atoms with E-state index in [4.69, 9.17) is 21.1 Å². The summed E-state index contributed by atoms with van der Waals surface area (Å²) in [5.41, 5.74) is 1.36. The number of pyridine rings is 1. The molecule has 4 nitrogen and oxygen atoms in total. The van der Waals surface area contributed by atoms with Gasteiger partial charge in [0.1, 0.15) is 12.9 Å². The minimum atomic E-state index is 0.324. The summed E-state index contributed by atoms with van der Waals surface area (Å²) in [6.45, 7) is 0.324. The number of aromatic nitrogens is 1. The number of methoxy groups -OCH3 is 1. The predicted octanol–water partition coefficient (Wildman–Crippen LogP) is 3.14. The van der Waals surface area contributed by atoms with Crippen LogP contribution in [0.3, 0.4) is 0 Å². The van der Waals surface area contributed by atoms with E-state index in [-0.39, 0.29) is 0 Å². The zero-order valence-corrected chi connectivity index (χ0v) is 11.1. The highest BCUT2D eigenvalue weighted by Crippen LogP contribution is 2.36. The Hall–Kier alpha value is -2.07. The molecule has 19 heavy (non-hydrogen) atoms. The summed E-state index contributed by atoms with van der Waals surface area (Å²) in [6, 6.07) is 6.84. The van der Waals surface area contributed by atoms with Gasteiger partial charge in [-0.1, -0.05) is 17.7 Å². The average molecular weight is 278 g/mol. The largest absolute Gasteiger partial charge is 0.493 e. The molecule has 5 heteroatoms. The summed E-state index contributed by atoms with van der Waals surface area (Å²) >= 11 is 6.08. The third kappa shape index (κ3) is 3.23. The molecular weight excluding hydrogens is 266 g/mol. The Morgan fingerprint density at radius 1 is 1.42 bits per heavy atom. The topological polar surface area (TPSA) is 48.4 Å². The maximum absolute atomic E-state index is 10.8. The molecule has 1 aromatic heterocycles. The van der Waals surface area contributed by atoms with Gasteiger partial charge in [-0.25, -0.2) is 0 Å². The molecule has 0 fully saturated rings. The third-order valence-corrected chi connectivity index (χ3v) is 2.77. The number of ether oxygens (including phenoxy) is 2. The monoisotopic (exact) mass is 277 g/mol. The Morgan fingerprint density at radius 2 is 2.26 bits per heavy atom. The number of benzene rings is 1. The highest BCUT2D eigenvalue weighted by molar-refractivity contribution is 6.32. The molecule has 2 rings (SSSR count). The van der Waals surface area contributed by atoms with Crippen molar-refractivity contribution in [2.45, 2.75) is 6.61 Å². The second kappa shape index (κ2) is 6.20. The number of carbonyl (C=O) groups is 1. The lowest BCUT2D eigenvalue weighted by molar-refractivity contribution is 0.112. The van der Waals surface area contributed by atoms with Gasteiger partial charge in [0, 0.05) is 23.5 Å². The molecule has 1 aromatic carbocycles. The summed E-state index contributed by atoms with van der Waals surface area (Å²) in [7, 11) is 1.50. The van der Waals surface area contributed by atoms with Gasteiger partial charge in [0.05, 0.1) is 12.1 Å². The van der Waals surface area contributed by atoms with E-state index in [0.29, 0.717) is 35.0 Å². The van der Waals surface area contributed by atoms with E-state index < -0.39 is 0 Å². The Labute approximate surface area is 115 Å². The van der Waals surface area contributed by atoms with Crippen molar-refractivity contribution in [3.63, 3.8) is 0 Å². The van der Waals surface area contributed by atoms with E-state index in [0.717, 1.165) is 5.56 Å². The fraction of sp³-hybridized carbons (Fsp3) is 0.143. The van der Waals surface area contributed by atoms with Crippen LogP contribution >= 0.6 is 11.6 Å². The summed E-state index contributed by atoms with van der Waals surface area (Å²) < 4.78 is 10.8. The summed E-state index contributed by atoms with van der Waals surface area (Å²) in [4.78, 5) is 14.8. The summed E-state index contributed by atoms with van der Waals surface area (Å²) in [5, 5.41) is 0.338. The Morgan fingerprint density at radius 3 is 2.89 bits per heavy atom. The molecule has 0 unspecified atom stereocenters. The molecule has 1 heterocycles. The van der Waals surface area contributed by atoms with Gasteiger partial charge in [0.15, 0.2) is 11.5 Å². The number of aldehydes is 1. The first-order valence-corrected chi connectivity index (χ1v) is 5.97. The first-order chi connectivity index (χ1) is 9.24. The summed E-state index contributed by atoms with van der Waals surface area (Å²) in [6.07, 6.45) is 4.11. The van der Waals surface area contributed by atoms with Crippen molar-refractivity contribution in [3.05, 3.63) is 52.8 Å². The first kappa shape index (κ1) is 13.4. The van der Waals surface area contributed by atoms with E-state index in [9.17, 15) is 4.79 Å². The van der Waals surface area contributed by atoms with Crippen LogP contribution in [-0.2, 0) is 6.61 Å². The molecule has 0 amide bonds. The molecule has 0 atom stereocenters. The zero-order chi connectivity index (χ0) is 13.7. The minimum absolute atomic E-state index is 0.324. The second-order valence-electron chi connectivity index (χ2n) is 3.80. The number of hydrogen-bond acceptors (Lipinski definition) is 4. The Bertz CT molecular complexity index is 572. The molecule has 0 N–H and O–H groups in total. The van der Waals surface area contributed by atoms with Crippen LogP contribution in [0.1, 0.15) is 15.9 Å². The van der Waals surface area contributed by atoms with Gasteiger partial charge in [0.25, 0.3) is 0 Å². The van der Waals surface area contributed by atoms with Crippen molar-refractivity contribution in [1.29, 1.82) is 0 Å². The molecule has 0 saturated carbocycles. The molecule has 2 aromatic rings. The Kier molecular flexibility index (Phi) is 4.36. The van der Waals surface area contributed by atoms with Crippen molar-refractivity contribution in [2.24, 2.45) is 0 Å². The molecule has 0 aliphatic rings.